The predicted octanol–water partition coefficient (Wildman–Crippen LogP) is 4.29. The summed E-state index contributed by atoms with van der Waals surface area (Å²) in [5.74, 6) is 0.0602. The highest BCUT2D eigenvalue weighted by Gasteiger charge is 2.13. The van der Waals surface area contributed by atoms with Crippen molar-refractivity contribution in [1.29, 1.82) is 0 Å². The van der Waals surface area contributed by atoms with Crippen LogP contribution in [0.25, 0.3) is 0 Å². The first-order chi connectivity index (χ1) is 7.16. The molecule has 0 fully saturated rings. The molecule has 2 rings (SSSR count). The van der Waals surface area contributed by atoms with Gasteiger partial charge in [0.15, 0.2) is 10.5 Å². The van der Waals surface area contributed by atoms with Gasteiger partial charge < -0.3 is 4.42 Å². The molecule has 2 aromatic heterocycles. The number of thiophene rings is 1. The molecule has 0 unspecified atom stereocenters. The van der Waals surface area contributed by atoms with Gasteiger partial charge in [-0.2, -0.15) is 0 Å². The van der Waals surface area contributed by atoms with E-state index in [4.69, 9.17) is 4.42 Å². The van der Waals surface area contributed by atoms with E-state index in [0.717, 1.165) is 9.35 Å². The smallest absolute Gasteiger partial charge is 0.179 e. The van der Waals surface area contributed by atoms with Crippen molar-refractivity contribution in [2.24, 2.45) is 0 Å². The normalized spacial score (nSPS) is 10.5. The van der Waals surface area contributed by atoms with E-state index in [1.165, 1.54) is 6.26 Å². The van der Waals surface area contributed by atoms with Crippen molar-refractivity contribution in [3.63, 3.8) is 0 Å². The standard InChI is InChI=1S/C10H6Br2O2S/c11-6-3-7(15-5-6)4-9(13)8-1-2-14-10(8)12/h1-3,5H,4H2. The summed E-state index contributed by atoms with van der Waals surface area (Å²) >= 11 is 8.12. The van der Waals surface area contributed by atoms with Crippen LogP contribution in [0.1, 0.15) is 15.2 Å². The second kappa shape index (κ2) is 4.63. The Morgan fingerprint density at radius 3 is 2.80 bits per heavy atom. The zero-order valence-corrected chi connectivity index (χ0v) is 11.5. The Morgan fingerprint density at radius 1 is 1.47 bits per heavy atom. The number of carbonyl (C=O) groups is 1. The van der Waals surface area contributed by atoms with Crippen molar-refractivity contribution in [1.82, 2.24) is 0 Å². The van der Waals surface area contributed by atoms with Crippen LogP contribution in [0.15, 0.2) is 37.3 Å². The van der Waals surface area contributed by atoms with Crippen molar-refractivity contribution in [2.75, 3.05) is 0 Å². The van der Waals surface area contributed by atoms with E-state index >= 15 is 0 Å². The summed E-state index contributed by atoms with van der Waals surface area (Å²) in [5.41, 5.74) is 0.597. The number of halogens is 2. The summed E-state index contributed by atoms with van der Waals surface area (Å²) in [6.45, 7) is 0. The maximum atomic E-state index is 11.8. The van der Waals surface area contributed by atoms with Crippen molar-refractivity contribution in [3.8, 4) is 0 Å². The summed E-state index contributed by atoms with van der Waals surface area (Å²) in [4.78, 5) is 12.8. The Balaban J connectivity index is 2.14. The average Bonchev–Trinajstić information content (AvgIpc) is 2.75. The van der Waals surface area contributed by atoms with Crippen LogP contribution in [0, 0.1) is 0 Å². The van der Waals surface area contributed by atoms with Gasteiger partial charge in [-0.15, -0.1) is 11.3 Å². The van der Waals surface area contributed by atoms with Crippen LogP contribution in [-0.4, -0.2) is 5.78 Å². The highest BCUT2D eigenvalue weighted by atomic mass is 79.9. The van der Waals surface area contributed by atoms with Crippen LogP contribution in [0.4, 0.5) is 0 Å². The number of ketones is 1. The minimum absolute atomic E-state index is 0.0602. The van der Waals surface area contributed by atoms with E-state index in [0.29, 0.717) is 16.7 Å². The third kappa shape index (κ3) is 2.59. The molecule has 0 saturated heterocycles. The van der Waals surface area contributed by atoms with Gasteiger partial charge in [0.25, 0.3) is 0 Å². The quantitative estimate of drug-likeness (QED) is 0.773. The minimum Gasteiger partial charge on any atom is -0.457 e. The number of Topliss-reactive ketones (excluding diaryl/α,β-unsaturated/α-hetero) is 1. The molecule has 0 atom stereocenters. The summed E-state index contributed by atoms with van der Waals surface area (Å²) in [6.07, 6.45) is 1.91. The Labute approximate surface area is 108 Å². The predicted molar refractivity (Wildman–Crippen MR) is 66.5 cm³/mol. The summed E-state index contributed by atoms with van der Waals surface area (Å²) in [5, 5.41) is 1.97. The Bertz CT molecular complexity index is 487. The SMILES string of the molecule is O=C(Cc1cc(Br)cs1)c1ccoc1Br. The molecule has 2 heterocycles. The van der Waals surface area contributed by atoms with Crippen LogP contribution in [0.3, 0.4) is 0 Å². The van der Waals surface area contributed by atoms with Crippen molar-refractivity contribution < 1.29 is 9.21 Å². The van der Waals surface area contributed by atoms with Gasteiger partial charge in [-0.05, 0) is 44.0 Å². The second-order valence-electron chi connectivity index (χ2n) is 2.94. The van der Waals surface area contributed by atoms with E-state index in [-0.39, 0.29) is 5.78 Å². The Kier molecular flexibility index (Phi) is 3.43. The molecule has 0 aromatic carbocycles. The molecule has 0 aliphatic heterocycles. The number of hydrogen-bond donors (Lipinski definition) is 0. The van der Waals surface area contributed by atoms with Gasteiger partial charge in [-0.3, -0.25) is 4.79 Å². The molecule has 0 spiro atoms. The van der Waals surface area contributed by atoms with Crippen LogP contribution in [-0.2, 0) is 6.42 Å². The topological polar surface area (TPSA) is 30.2 Å². The monoisotopic (exact) mass is 348 g/mol. The number of rotatable bonds is 3. The number of carbonyl (C=O) groups excluding carboxylic acids is 1. The molecule has 5 heteroatoms. The first-order valence-corrected chi connectivity index (χ1v) is 6.62. The second-order valence-corrected chi connectivity index (χ2v) is 5.57. The number of furan rings is 1. The molecular weight excluding hydrogens is 344 g/mol. The van der Waals surface area contributed by atoms with Crippen molar-refractivity contribution in [3.05, 3.63) is 43.4 Å². The lowest BCUT2D eigenvalue weighted by Gasteiger charge is -1.95. The fourth-order valence-corrected chi connectivity index (χ4v) is 3.10. The Morgan fingerprint density at radius 2 is 2.27 bits per heavy atom. The summed E-state index contributed by atoms with van der Waals surface area (Å²) in [6, 6.07) is 3.63. The highest BCUT2D eigenvalue weighted by molar-refractivity contribution is 9.10. The molecule has 0 radical (unpaired) electrons. The fraction of sp³-hybridized carbons (Fsp3) is 0.100. The third-order valence-corrected chi connectivity index (χ3v) is 4.19. The third-order valence-electron chi connectivity index (χ3n) is 1.87. The largest absolute Gasteiger partial charge is 0.457 e. The van der Waals surface area contributed by atoms with Crippen LogP contribution in [0.2, 0.25) is 0 Å². The molecule has 78 valence electrons. The lowest BCUT2D eigenvalue weighted by Crippen LogP contribution is -2.01. The van der Waals surface area contributed by atoms with Gasteiger partial charge >= 0.3 is 0 Å². The molecular formula is C10H6Br2O2S. The summed E-state index contributed by atoms with van der Waals surface area (Å²) in [7, 11) is 0. The summed E-state index contributed by atoms with van der Waals surface area (Å²) < 4.78 is 6.54. The molecule has 0 saturated carbocycles. The van der Waals surface area contributed by atoms with Gasteiger partial charge in [0, 0.05) is 21.2 Å². The van der Waals surface area contributed by atoms with Crippen molar-refractivity contribution >= 4 is 49.0 Å². The minimum atomic E-state index is 0.0602. The van der Waals surface area contributed by atoms with E-state index in [1.807, 2.05) is 11.4 Å². The fourth-order valence-electron chi connectivity index (χ4n) is 1.19. The Hall–Kier alpha value is -0.390. The number of hydrogen-bond acceptors (Lipinski definition) is 3. The maximum absolute atomic E-state index is 11.8. The molecule has 2 nitrogen and oxygen atoms in total. The molecule has 0 aliphatic carbocycles. The van der Waals surface area contributed by atoms with E-state index in [1.54, 1.807) is 17.4 Å². The van der Waals surface area contributed by atoms with Crippen LogP contribution in [0.5, 0.6) is 0 Å². The lowest BCUT2D eigenvalue weighted by molar-refractivity contribution is 0.0992. The first kappa shape index (κ1) is 11.1. The van der Waals surface area contributed by atoms with Crippen LogP contribution < -0.4 is 0 Å². The van der Waals surface area contributed by atoms with Gasteiger partial charge in [0.2, 0.25) is 0 Å². The molecule has 15 heavy (non-hydrogen) atoms. The van der Waals surface area contributed by atoms with E-state index in [9.17, 15) is 4.79 Å². The van der Waals surface area contributed by atoms with Crippen LogP contribution >= 0.6 is 43.2 Å². The molecule has 0 bridgehead atoms. The average molecular weight is 350 g/mol. The van der Waals surface area contributed by atoms with E-state index < -0.39 is 0 Å². The first-order valence-electron chi connectivity index (χ1n) is 4.16. The van der Waals surface area contributed by atoms with E-state index in [2.05, 4.69) is 31.9 Å². The maximum Gasteiger partial charge on any atom is 0.179 e. The van der Waals surface area contributed by atoms with Crippen molar-refractivity contribution in [2.45, 2.75) is 6.42 Å². The zero-order chi connectivity index (χ0) is 10.8. The molecule has 0 N–H and O–H groups in total. The van der Waals surface area contributed by atoms with Gasteiger partial charge in [-0.1, -0.05) is 0 Å². The zero-order valence-electron chi connectivity index (χ0n) is 7.50. The van der Waals surface area contributed by atoms with Gasteiger partial charge in [0.1, 0.15) is 0 Å². The highest BCUT2D eigenvalue weighted by Crippen LogP contribution is 2.24. The lowest BCUT2D eigenvalue weighted by atomic mass is 10.1. The molecule has 2 aromatic rings. The van der Waals surface area contributed by atoms with Gasteiger partial charge in [-0.25, -0.2) is 0 Å². The molecule has 0 aliphatic rings. The van der Waals surface area contributed by atoms with Gasteiger partial charge in [0.05, 0.1) is 11.8 Å². The molecule has 0 amide bonds.